The zero-order valence-electron chi connectivity index (χ0n) is 5.19. The van der Waals surface area contributed by atoms with Gasteiger partial charge in [0.2, 0.25) is 0 Å². The highest BCUT2D eigenvalue weighted by molar-refractivity contribution is 5.90. The van der Waals surface area contributed by atoms with Gasteiger partial charge in [0.1, 0.15) is 18.6 Å². The minimum Gasteiger partial charge on any atom is -0.512 e. The number of ketones is 1. The molecular weight excluding hydrogens is 136 g/mol. The third kappa shape index (κ3) is 3.68. The largest absolute Gasteiger partial charge is 0.512 e. The van der Waals surface area contributed by atoms with Gasteiger partial charge in [-0.25, -0.2) is 0 Å². The zero-order chi connectivity index (χ0) is 7.98. The van der Waals surface area contributed by atoms with E-state index in [9.17, 15) is 4.79 Å². The smallest absolute Gasteiger partial charge is 0.181 e. The summed E-state index contributed by atoms with van der Waals surface area (Å²) in [7, 11) is 0. The molecule has 0 aromatic heterocycles. The molecular formula is C6H8O4. The van der Waals surface area contributed by atoms with E-state index in [0.29, 0.717) is 6.26 Å². The van der Waals surface area contributed by atoms with Crippen LogP contribution in [0.3, 0.4) is 0 Å². The highest BCUT2D eigenvalue weighted by atomic mass is 16.3. The first kappa shape index (κ1) is 8.71. The van der Waals surface area contributed by atoms with Gasteiger partial charge in [-0.1, -0.05) is 0 Å². The van der Waals surface area contributed by atoms with Crippen molar-refractivity contribution < 1.29 is 20.1 Å². The molecule has 0 aliphatic rings. The molecule has 0 amide bonds. The first-order valence-corrected chi connectivity index (χ1v) is 2.56. The molecule has 4 nitrogen and oxygen atoms in total. The number of rotatable bonds is 3. The van der Waals surface area contributed by atoms with E-state index in [4.69, 9.17) is 15.3 Å². The molecule has 0 rings (SSSR count). The van der Waals surface area contributed by atoms with Crippen molar-refractivity contribution in [3.63, 3.8) is 0 Å². The lowest BCUT2D eigenvalue weighted by Crippen LogP contribution is -1.97. The lowest BCUT2D eigenvalue weighted by molar-refractivity contribution is -0.117. The van der Waals surface area contributed by atoms with Gasteiger partial charge in [-0.05, 0) is 12.2 Å². The molecule has 0 saturated carbocycles. The molecule has 0 aliphatic heterocycles. The summed E-state index contributed by atoms with van der Waals surface area (Å²) in [5.74, 6) is -0.963. The number of aliphatic hydroxyl groups is 3. The Kier molecular flexibility index (Phi) is 3.99. The van der Waals surface area contributed by atoms with Crippen molar-refractivity contribution in [2.75, 3.05) is 6.61 Å². The van der Waals surface area contributed by atoms with Crippen LogP contribution in [0.25, 0.3) is 0 Å². The molecule has 0 aromatic carbocycles. The van der Waals surface area contributed by atoms with Crippen LogP contribution in [-0.2, 0) is 4.79 Å². The number of allylic oxidation sites excluding steroid dienone is 1. The van der Waals surface area contributed by atoms with Crippen LogP contribution in [0.5, 0.6) is 0 Å². The molecule has 0 atom stereocenters. The van der Waals surface area contributed by atoms with Crippen molar-refractivity contribution in [1.29, 1.82) is 0 Å². The van der Waals surface area contributed by atoms with E-state index in [-0.39, 0.29) is 0 Å². The molecule has 0 unspecified atom stereocenters. The molecule has 0 heterocycles. The summed E-state index contributed by atoms with van der Waals surface area (Å²) in [4.78, 5) is 10.3. The van der Waals surface area contributed by atoms with Gasteiger partial charge in [-0.3, -0.25) is 4.79 Å². The van der Waals surface area contributed by atoms with Gasteiger partial charge in [0.05, 0.1) is 0 Å². The summed E-state index contributed by atoms with van der Waals surface area (Å²) in [5.41, 5.74) is 0. The molecule has 0 aliphatic carbocycles. The number of hydrogen-bond donors (Lipinski definition) is 3. The first-order chi connectivity index (χ1) is 4.70. The normalized spacial score (nSPS) is 12.3. The van der Waals surface area contributed by atoms with Gasteiger partial charge in [0.25, 0.3) is 0 Å². The van der Waals surface area contributed by atoms with Crippen molar-refractivity contribution in [2.45, 2.75) is 0 Å². The lowest BCUT2D eigenvalue weighted by atomic mass is 10.3. The van der Waals surface area contributed by atoms with E-state index < -0.39 is 18.1 Å². The van der Waals surface area contributed by atoms with Crippen LogP contribution in [-0.4, -0.2) is 27.7 Å². The van der Waals surface area contributed by atoms with Gasteiger partial charge in [0.15, 0.2) is 5.78 Å². The monoisotopic (exact) mass is 144 g/mol. The van der Waals surface area contributed by atoms with Crippen molar-refractivity contribution in [3.8, 4) is 0 Å². The van der Waals surface area contributed by atoms with Crippen LogP contribution < -0.4 is 0 Å². The van der Waals surface area contributed by atoms with E-state index >= 15 is 0 Å². The number of carbonyl (C=O) groups is 1. The highest BCUT2D eigenvalue weighted by Crippen LogP contribution is 1.87. The van der Waals surface area contributed by atoms with E-state index in [0.717, 1.165) is 12.2 Å². The fourth-order valence-electron chi connectivity index (χ4n) is 0.274. The third-order valence-electron chi connectivity index (χ3n) is 0.728. The third-order valence-corrected chi connectivity index (χ3v) is 0.728. The summed E-state index contributed by atoms with van der Waals surface area (Å²) >= 11 is 0. The number of hydrogen-bond acceptors (Lipinski definition) is 4. The Hall–Kier alpha value is -1.29. The number of aliphatic hydroxyl groups excluding tert-OH is 3. The van der Waals surface area contributed by atoms with Gasteiger partial charge in [-0.2, -0.15) is 0 Å². The van der Waals surface area contributed by atoms with Crippen molar-refractivity contribution >= 4 is 5.78 Å². The fourth-order valence-corrected chi connectivity index (χ4v) is 0.274. The molecule has 0 saturated heterocycles. The average Bonchev–Trinajstić information content (AvgIpc) is 1.99. The maximum Gasteiger partial charge on any atom is 0.181 e. The summed E-state index contributed by atoms with van der Waals surface area (Å²) < 4.78 is 0. The maximum atomic E-state index is 10.3. The molecule has 10 heavy (non-hydrogen) atoms. The second-order valence-electron chi connectivity index (χ2n) is 1.51. The molecule has 0 fully saturated rings. The molecule has 56 valence electrons. The second-order valence-corrected chi connectivity index (χ2v) is 1.51. The summed E-state index contributed by atoms with van der Waals surface area (Å²) in [6.07, 6.45) is 2.39. The molecule has 0 bridgehead atoms. The SMILES string of the molecule is O=C(C=CC(O)=CO)CO. The van der Waals surface area contributed by atoms with Crippen molar-refractivity contribution in [1.82, 2.24) is 0 Å². The Bertz CT molecular complexity index is 169. The Morgan fingerprint density at radius 1 is 1.40 bits per heavy atom. The van der Waals surface area contributed by atoms with Crippen LogP contribution in [0.2, 0.25) is 0 Å². The Labute approximate surface area is 57.7 Å². The molecule has 0 aromatic rings. The molecule has 4 heteroatoms. The first-order valence-electron chi connectivity index (χ1n) is 2.56. The maximum absolute atomic E-state index is 10.3. The van der Waals surface area contributed by atoms with Crippen molar-refractivity contribution in [2.24, 2.45) is 0 Å². The minimum absolute atomic E-state index is 0.429. The molecule has 0 spiro atoms. The van der Waals surface area contributed by atoms with Crippen LogP contribution in [0.4, 0.5) is 0 Å². The van der Waals surface area contributed by atoms with Crippen LogP contribution in [0, 0.1) is 0 Å². The Morgan fingerprint density at radius 3 is 2.40 bits per heavy atom. The lowest BCUT2D eigenvalue weighted by Gasteiger charge is -1.85. The highest BCUT2D eigenvalue weighted by Gasteiger charge is 1.90. The topological polar surface area (TPSA) is 77.8 Å². The van der Waals surface area contributed by atoms with E-state index in [2.05, 4.69) is 0 Å². The Balaban J connectivity index is 3.88. The van der Waals surface area contributed by atoms with E-state index in [1.54, 1.807) is 0 Å². The minimum atomic E-state index is -0.602. The second kappa shape index (κ2) is 4.58. The van der Waals surface area contributed by atoms with Gasteiger partial charge in [0, 0.05) is 0 Å². The average molecular weight is 144 g/mol. The molecule has 0 radical (unpaired) electrons. The predicted molar refractivity (Wildman–Crippen MR) is 34.6 cm³/mol. The summed E-state index contributed by atoms with van der Waals surface area (Å²) in [6, 6.07) is 0. The predicted octanol–water partition coefficient (Wildman–Crippen LogP) is 0.0614. The summed E-state index contributed by atoms with van der Waals surface area (Å²) in [6.45, 7) is -0.602. The quantitative estimate of drug-likeness (QED) is 0.297. The van der Waals surface area contributed by atoms with Gasteiger partial charge < -0.3 is 15.3 Å². The zero-order valence-corrected chi connectivity index (χ0v) is 5.19. The summed E-state index contributed by atoms with van der Waals surface area (Å²) in [5, 5.41) is 24.7. The number of carbonyl (C=O) groups excluding carboxylic acids is 1. The van der Waals surface area contributed by atoms with Gasteiger partial charge in [-0.15, -0.1) is 0 Å². The molecule has 3 N–H and O–H groups in total. The van der Waals surface area contributed by atoms with Crippen LogP contribution in [0.1, 0.15) is 0 Å². The van der Waals surface area contributed by atoms with Gasteiger partial charge >= 0.3 is 0 Å². The fraction of sp³-hybridized carbons (Fsp3) is 0.167. The standard InChI is InChI=1S/C6H8O4/c7-3-5(9)1-2-6(10)4-8/h1-3,7-9H,4H2. The van der Waals surface area contributed by atoms with E-state index in [1.807, 2.05) is 0 Å². The van der Waals surface area contributed by atoms with Crippen molar-refractivity contribution in [3.05, 3.63) is 24.2 Å². The van der Waals surface area contributed by atoms with E-state index in [1.165, 1.54) is 0 Å². The van der Waals surface area contributed by atoms with Crippen LogP contribution >= 0.6 is 0 Å². The van der Waals surface area contributed by atoms with Crippen LogP contribution in [0.15, 0.2) is 24.2 Å². The Morgan fingerprint density at radius 2 is 2.00 bits per heavy atom.